The maximum absolute atomic E-state index is 5.12. The van der Waals surface area contributed by atoms with Gasteiger partial charge < -0.3 is 4.98 Å². The van der Waals surface area contributed by atoms with Crippen LogP contribution in [0.2, 0.25) is 0 Å². The Morgan fingerprint density at radius 1 is 0.471 bits per heavy atom. The van der Waals surface area contributed by atoms with Gasteiger partial charge in [0.05, 0.1) is 0 Å². The highest BCUT2D eigenvalue weighted by molar-refractivity contribution is 6.00. The van der Waals surface area contributed by atoms with E-state index in [4.69, 9.17) is 15.0 Å². The zero-order chi connectivity index (χ0) is 33.5. The van der Waals surface area contributed by atoms with Crippen LogP contribution in [0.3, 0.4) is 0 Å². The van der Waals surface area contributed by atoms with Crippen molar-refractivity contribution in [2.45, 2.75) is 11.8 Å². The molecule has 0 amide bonds. The number of hydrogen-bond acceptors (Lipinski definition) is 3. The summed E-state index contributed by atoms with van der Waals surface area (Å²) < 4.78 is 0. The normalized spacial score (nSPS) is 16.5. The fourth-order valence-electron chi connectivity index (χ4n) is 8.73. The minimum absolute atomic E-state index is 0.0861. The first-order valence-electron chi connectivity index (χ1n) is 17.5. The van der Waals surface area contributed by atoms with E-state index in [0.29, 0.717) is 17.5 Å². The SMILES string of the molecule is C1=C2C=c3ccccc3=C2C(C2c3ccccc3-c3ccc(-c4nc(-c5ccccc5)nc(-c5ccccc5)n4)cc32)c2c1cc1cc[nH]cc2-1. The van der Waals surface area contributed by atoms with Crippen LogP contribution in [-0.4, -0.2) is 19.9 Å². The second-order valence-corrected chi connectivity index (χ2v) is 13.7. The Labute approximate surface area is 295 Å². The number of hydrogen-bond donors (Lipinski definition) is 1. The highest BCUT2D eigenvalue weighted by Gasteiger charge is 2.43. The smallest absolute Gasteiger partial charge is 0.164 e. The van der Waals surface area contributed by atoms with Gasteiger partial charge in [-0.3, -0.25) is 0 Å². The molecule has 2 unspecified atom stereocenters. The molecule has 1 aromatic heterocycles. The lowest BCUT2D eigenvalue weighted by Crippen LogP contribution is -2.26. The first-order valence-corrected chi connectivity index (χ1v) is 17.5. The molecular weight excluding hydrogens is 621 g/mol. The summed E-state index contributed by atoms with van der Waals surface area (Å²) in [6.07, 6.45) is 8.99. The zero-order valence-electron chi connectivity index (χ0n) is 27.6. The molecule has 1 aliphatic heterocycles. The number of H-pyrrole nitrogens is 1. The number of aromatic amines is 1. The third kappa shape index (κ3) is 4.30. The van der Waals surface area contributed by atoms with Gasteiger partial charge in [0.2, 0.25) is 0 Å². The van der Waals surface area contributed by atoms with Gasteiger partial charge in [0, 0.05) is 46.5 Å². The zero-order valence-corrected chi connectivity index (χ0v) is 27.6. The Bertz CT molecular complexity index is 2750. The number of nitrogens with one attached hydrogen (secondary N) is 1. The van der Waals surface area contributed by atoms with E-state index in [-0.39, 0.29) is 11.8 Å². The van der Waals surface area contributed by atoms with Crippen LogP contribution in [-0.2, 0) is 0 Å². The number of fused-ring (bicyclic) bond motifs is 8. The predicted octanol–water partition coefficient (Wildman–Crippen LogP) is 9.24. The lowest BCUT2D eigenvalue weighted by atomic mass is 9.70. The lowest BCUT2D eigenvalue weighted by molar-refractivity contribution is 0.744. The summed E-state index contributed by atoms with van der Waals surface area (Å²) in [5, 5.41) is 2.62. The quantitative estimate of drug-likeness (QED) is 0.207. The molecule has 0 bridgehead atoms. The third-order valence-corrected chi connectivity index (χ3v) is 10.9. The van der Waals surface area contributed by atoms with Crippen LogP contribution >= 0.6 is 0 Å². The molecule has 0 radical (unpaired) electrons. The van der Waals surface area contributed by atoms with Gasteiger partial charge in [-0.25, -0.2) is 15.0 Å². The summed E-state index contributed by atoms with van der Waals surface area (Å²) >= 11 is 0. The molecule has 51 heavy (non-hydrogen) atoms. The standard InChI is InChI=1S/C47H30N4/c1-3-11-28(12-4-1)45-49-46(29-13-5-2-6-14-29)51-47(50-45)32-19-20-37-36-17-9-10-18-38(36)43(39(37)26-32)44-41-33(23-30-15-7-8-16-35(30)41)25-34-24-31-21-22-48-27-40(31)42(34)44/h1-27,43-44,48H. The maximum atomic E-state index is 5.12. The van der Waals surface area contributed by atoms with Crippen molar-refractivity contribution < 1.29 is 0 Å². The minimum atomic E-state index is 0.0861. The molecule has 0 fully saturated rings. The van der Waals surface area contributed by atoms with E-state index in [0.717, 1.165) is 16.7 Å². The molecule has 2 heterocycles. The van der Waals surface area contributed by atoms with Crippen LogP contribution in [0, 0.1) is 0 Å². The Hall–Kier alpha value is -6.65. The molecule has 4 nitrogen and oxygen atoms in total. The molecule has 238 valence electrons. The third-order valence-electron chi connectivity index (χ3n) is 10.9. The van der Waals surface area contributed by atoms with Gasteiger partial charge in [-0.1, -0.05) is 121 Å². The fraction of sp³-hybridized carbons (Fsp3) is 0.0426. The largest absolute Gasteiger partial charge is 0.367 e. The topological polar surface area (TPSA) is 54.5 Å². The summed E-state index contributed by atoms with van der Waals surface area (Å²) in [4.78, 5) is 18.6. The van der Waals surface area contributed by atoms with Crippen LogP contribution < -0.4 is 10.4 Å². The molecule has 1 N–H and O–H groups in total. The Balaban J connectivity index is 1.16. The van der Waals surface area contributed by atoms with E-state index in [1.807, 2.05) is 42.6 Å². The van der Waals surface area contributed by atoms with Crippen molar-refractivity contribution in [2.24, 2.45) is 0 Å². The lowest BCUT2D eigenvalue weighted by Gasteiger charge is -2.32. The van der Waals surface area contributed by atoms with Crippen LogP contribution in [0.1, 0.15) is 34.1 Å². The summed E-state index contributed by atoms with van der Waals surface area (Å²) in [7, 11) is 0. The highest BCUT2D eigenvalue weighted by atomic mass is 15.0. The average molecular weight is 651 g/mol. The highest BCUT2D eigenvalue weighted by Crippen LogP contribution is 2.59. The molecule has 0 saturated heterocycles. The van der Waals surface area contributed by atoms with E-state index in [1.54, 1.807) is 0 Å². The molecular formula is C47H30N4. The number of rotatable bonds is 4. The summed E-state index contributed by atoms with van der Waals surface area (Å²) in [6, 6.07) is 49.7. The molecule has 5 aliphatic rings. The van der Waals surface area contributed by atoms with Crippen molar-refractivity contribution in [3.8, 4) is 56.4 Å². The minimum Gasteiger partial charge on any atom is -0.367 e. The van der Waals surface area contributed by atoms with E-state index in [9.17, 15) is 0 Å². The van der Waals surface area contributed by atoms with Crippen molar-refractivity contribution in [2.75, 3.05) is 0 Å². The van der Waals surface area contributed by atoms with E-state index >= 15 is 0 Å². The molecule has 0 saturated carbocycles. The van der Waals surface area contributed by atoms with Crippen LogP contribution in [0.5, 0.6) is 0 Å². The second-order valence-electron chi connectivity index (χ2n) is 13.7. The van der Waals surface area contributed by atoms with Gasteiger partial charge in [-0.15, -0.1) is 0 Å². The Kier molecular flexibility index (Phi) is 6.05. The average Bonchev–Trinajstić information content (AvgIpc) is 3.86. The molecule has 6 aromatic rings. The molecule has 4 heteroatoms. The van der Waals surface area contributed by atoms with Gasteiger partial charge in [0.1, 0.15) is 0 Å². The maximum Gasteiger partial charge on any atom is 0.164 e. The number of benzene rings is 5. The van der Waals surface area contributed by atoms with Crippen LogP contribution in [0.25, 0.3) is 74.1 Å². The number of nitrogens with zero attached hydrogens (tertiary/aromatic N) is 3. The number of pyridine rings is 1. The molecule has 2 atom stereocenters. The predicted molar refractivity (Wildman–Crippen MR) is 205 cm³/mol. The number of allylic oxidation sites excluding steroid dienone is 1. The Morgan fingerprint density at radius 3 is 1.92 bits per heavy atom. The first kappa shape index (κ1) is 28.2. The van der Waals surface area contributed by atoms with Gasteiger partial charge in [0.15, 0.2) is 17.5 Å². The molecule has 11 rings (SSSR count). The van der Waals surface area contributed by atoms with Crippen molar-refractivity contribution in [3.05, 3.63) is 190 Å². The van der Waals surface area contributed by atoms with Crippen LogP contribution in [0.15, 0.2) is 157 Å². The summed E-state index contributed by atoms with van der Waals surface area (Å²) in [5.41, 5.74) is 16.1. The van der Waals surface area contributed by atoms with Gasteiger partial charge in [-0.2, -0.15) is 0 Å². The first-order chi connectivity index (χ1) is 25.3. The van der Waals surface area contributed by atoms with Gasteiger partial charge >= 0.3 is 0 Å². The van der Waals surface area contributed by atoms with Gasteiger partial charge in [0.25, 0.3) is 0 Å². The molecule has 5 aromatic carbocycles. The molecule has 0 spiro atoms. The summed E-state index contributed by atoms with van der Waals surface area (Å²) in [5.74, 6) is 2.19. The monoisotopic (exact) mass is 650 g/mol. The van der Waals surface area contributed by atoms with E-state index < -0.39 is 0 Å². The van der Waals surface area contributed by atoms with Gasteiger partial charge in [-0.05, 0) is 90.9 Å². The number of aromatic nitrogens is 4. The second kappa shape index (κ2) is 10.9. The Morgan fingerprint density at radius 2 is 1.14 bits per heavy atom. The fourth-order valence-corrected chi connectivity index (χ4v) is 8.73. The van der Waals surface area contributed by atoms with Crippen molar-refractivity contribution in [3.63, 3.8) is 0 Å². The van der Waals surface area contributed by atoms with Crippen molar-refractivity contribution >= 4 is 17.7 Å². The van der Waals surface area contributed by atoms with Crippen molar-refractivity contribution in [1.82, 2.24) is 19.9 Å². The van der Waals surface area contributed by atoms with E-state index in [2.05, 4.69) is 126 Å². The van der Waals surface area contributed by atoms with E-state index in [1.165, 1.54) is 66.1 Å². The van der Waals surface area contributed by atoms with Crippen molar-refractivity contribution in [1.29, 1.82) is 0 Å². The summed E-state index contributed by atoms with van der Waals surface area (Å²) in [6.45, 7) is 0. The molecule has 4 aliphatic carbocycles. The van der Waals surface area contributed by atoms with Crippen LogP contribution in [0.4, 0.5) is 0 Å².